The summed E-state index contributed by atoms with van der Waals surface area (Å²) >= 11 is 0. The number of hydrogen-bond donors (Lipinski definition) is 1. The summed E-state index contributed by atoms with van der Waals surface area (Å²) in [6.07, 6.45) is 40.4. The first-order valence-electron chi connectivity index (χ1n) is 19.0. The topological polar surface area (TPSA) is 63.6 Å². The van der Waals surface area contributed by atoms with Crippen LogP contribution in [0, 0.1) is 0 Å². The molecule has 250 valence electrons. The van der Waals surface area contributed by atoms with Gasteiger partial charge in [0.15, 0.2) is 0 Å². The second-order valence-corrected chi connectivity index (χ2v) is 13.1. The molecule has 4 nitrogen and oxygen atoms in total. The first-order chi connectivity index (χ1) is 20.6. The molecule has 0 aliphatic rings. The average molecular weight is 595 g/mol. The van der Waals surface area contributed by atoms with E-state index in [1.165, 1.54) is 141 Å². The van der Waals surface area contributed by atoms with Gasteiger partial charge in [-0.1, -0.05) is 181 Å². The van der Waals surface area contributed by atoms with Gasteiger partial charge in [-0.15, -0.1) is 0 Å². The molecule has 0 fully saturated rings. The Balaban J connectivity index is 3.47. The maximum atomic E-state index is 12.4. The highest BCUT2D eigenvalue weighted by Crippen LogP contribution is 2.18. The molecule has 0 bridgehead atoms. The van der Waals surface area contributed by atoms with Gasteiger partial charge in [0.05, 0.1) is 0 Å². The van der Waals surface area contributed by atoms with Crippen LogP contribution in [0.15, 0.2) is 0 Å². The summed E-state index contributed by atoms with van der Waals surface area (Å²) in [6, 6.07) is 0. The van der Waals surface area contributed by atoms with Gasteiger partial charge >= 0.3 is 11.9 Å². The number of carboxylic acid groups (broad SMARTS) is 1. The summed E-state index contributed by atoms with van der Waals surface area (Å²) in [5.74, 6) is -0.661. The van der Waals surface area contributed by atoms with E-state index < -0.39 is 5.97 Å². The van der Waals surface area contributed by atoms with Crippen molar-refractivity contribution in [3.63, 3.8) is 0 Å². The van der Waals surface area contributed by atoms with Gasteiger partial charge in [-0.25, -0.2) is 0 Å². The van der Waals surface area contributed by atoms with E-state index in [-0.39, 0.29) is 12.1 Å². The van der Waals surface area contributed by atoms with Crippen molar-refractivity contribution < 1.29 is 19.4 Å². The van der Waals surface area contributed by atoms with Crippen molar-refractivity contribution in [1.82, 2.24) is 0 Å². The summed E-state index contributed by atoms with van der Waals surface area (Å²) < 4.78 is 5.85. The lowest BCUT2D eigenvalue weighted by molar-refractivity contribution is -0.150. The maximum absolute atomic E-state index is 12.4. The summed E-state index contributed by atoms with van der Waals surface area (Å²) in [5, 5.41) is 8.67. The average Bonchev–Trinajstić information content (AvgIpc) is 2.97. The summed E-state index contributed by atoms with van der Waals surface area (Å²) in [7, 11) is 0. The minimum absolute atomic E-state index is 0.0170. The summed E-state index contributed by atoms with van der Waals surface area (Å²) in [6.45, 7) is 4.47. The number of unbranched alkanes of at least 4 members (excludes halogenated alkanes) is 26. The van der Waals surface area contributed by atoms with E-state index in [1.54, 1.807) is 0 Å². The zero-order valence-electron chi connectivity index (χ0n) is 28.6. The highest BCUT2D eigenvalue weighted by molar-refractivity contribution is 5.69. The lowest BCUT2D eigenvalue weighted by Gasteiger charge is -2.17. The summed E-state index contributed by atoms with van der Waals surface area (Å²) in [5.41, 5.74) is 0. The predicted octanol–water partition coefficient (Wildman–Crippen LogP) is 12.9. The molecule has 0 aliphatic carbocycles. The molecular formula is C38H74O4. The zero-order chi connectivity index (χ0) is 30.8. The maximum Gasteiger partial charge on any atom is 0.306 e. The van der Waals surface area contributed by atoms with Gasteiger partial charge in [-0.3, -0.25) is 9.59 Å². The molecule has 0 saturated heterocycles. The van der Waals surface area contributed by atoms with Gasteiger partial charge in [0, 0.05) is 12.8 Å². The highest BCUT2D eigenvalue weighted by atomic mass is 16.5. The molecule has 1 unspecified atom stereocenters. The Morgan fingerprint density at radius 3 is 1.12 bits per heavy atom. The normalized spacial score (nSPS) is 12.0. The predicted molar refractivity (Wildman–Crippen MR) is 181 cm³/mol. The molecule has 0 heterocycles. The van der Waals surface area contributed by atoms with Crippen LogP contribution >= 0.6 is 0 Å². The number of carbonyl (C=O) groups excluding carboxylic acids is 1. The number of esters is 1. The van der Waals surface area contributed by atoms with Crippen LogP contribution in [0.1, 0.15) is 226 Å². The molecule has 4 heteroatoms. The van der Waals surface area contributed by atoms with E-state index in [0.717, 1.165) is 57.8 Å². The Kier molecular flexibility index (Phi) is 33.6. The van der Waals surface area contributed by atoms with Crippen molar-refractivity contribution in [1.29, 1.82) is 0 Å². The molecule has 0 radical (unpaired) electrons. The number of hydrogen-bond acceptors (Lipinski definition) is 3. The lowest BCUT2D eigenvalue weighted by Crippen LogP contribution is -2.18. The molecule has 0 spiro atoms. The minimum atomic E-state index is -0.678. The Morgan fingerprint density at radius 2 is 0.762 bits per heavy atom. The monoisotopic (exact) mass is 595 g/mol. The van der Waals surface area contributed by atoms with Crippen molar-refractivity contribution in [2.24, 2.45) is 0 Å². The second-order valence-electron chi connectivity index (χ2n) is 13.1. The van der Waals surface area contributed by atoms with Gasteiger partial charge in [0.25, 0.3) is 0 Å². The number of aliphatic carboxylic acids is 1. The standard InChI is InChI=1S/C38H74O4/c1-3-5-6-7-8-9-10-11-12-13-14-15-16-17-18-22-25-28-31-35-38(41)42-36(32-4-2)33-29-26-23-20-19-21-24-27-30-34-37(39)40/h36H,3-35H2,1-2H3,(H,39,40). The van der Waals surface area contributed by atoms with Crippen molar-refractivity contribution in [3.8, 4) is 0 Å². The Hall–Kier alpha value is -1.06. The third-order valence-corrected chi connectivity index (χ3v) is 8.81. The third kappa shape index (κ3) is 33.4. The molecule has 0 aromatic carbocycles. The van der Waals surface area contributed by atoms with Gasteiger partial charge in [-0.05, 0) is 32.1 Å². The van der Waals surface area contributed by atoms with Crippen LogP contribution < -0.4 is 0 Å². The van der Waals surface area contributed by atoms with Crippen LogP contribution in [-0.4, -0.2) is 23.1 Å². The molecule has 1 N–H and O–H groups in total. The van der Waals surface area contributed by atoms with E-state index in [1.807, 2.05) is 0 Å². The van der Waals surface area contributed by atoms with Crippen molar-refractivity contribution in [2.45, 2.75) is 232 Å². The molecule has 0 aromatic heterocycles. The van der Waals surface area contributed by atoms with E-state index in [2.05, 4.69) is 13.8 Å². The zero-order valence-corrected chi connectivity index (χ0v) is 28.6. The fourth-order valence-electron chi connectivity index (χ4n) is 6.06. The molecule has 0 amide bonds. The van der Waals surface area contributed by atoms with Gasteiger partial charge < -0.3 is 9.84 Å². The quantitative estimate of drug-likeness (QED) is 0.0585. The van der Waals surface area contributed by atoms with Crippen LogP contribution in [0.25, 0.3) is 0 Å². The van der Waals surface area contributed by atoms with E-state index in [0.29, 0.717) is 12.8 Å². The second kappa shape index (κ2) is 34.4. The van der Waals surface area contributed by atoms with Gasteiger partial charge in [0.2, 0.25) is 0 Å². The fourth-order valence-corrected chi connectivity index (χ4v) is 6.06. The van der Waals surface area contributed by atoms with E-state index >= 15 is 0 Å². The largest absolute Gasteiger partial charge is 0.481 e. The van der Waals surface area contributed by atoms with Crippen LogP contribution in [0.2, 0.25) is 0 Å². The highest BCUT2D eigenvalue weighted by Gasteiger charge is 2.13. The SMILES string of the molecule is CCCCCCCCCCCCCCCCCCCCCC(=O)OC(CCC)CCCCCCCCCCCC(=O)O. The fraction of sp³-hybridized carbons (Fsp3) is 0.947. The molecule has 1 atom stereocenters. The van der Waals surface area contributed by atoms with Gasteiger partial charge in [0.1, 0.15) is 6.10 Å². The molecule has 0 aromatic rings. The number of carboxylic acids is 1. The van der Waals surface area contributed by atoms with Crippen molar-refractivity contribution >= 4 is 11.9 Å². The lowest BCUT2D eigenvalue weighted by atomic mass is 10.0. The number of carbonyl (C=O) groups is 2. The third-order valence-electron chi connectivity index (χ3n) is 8.81. The smallest absolute Gasteiger partial charge is 0.306 e. The number of ether oxygens (including phenoxy) is 1. The number of rotatable bonds is 35. The van der Waals surface area contributed by atoms with Crippen molar-refractivity contribution in [2.75, 3.05) is 0 Å². The van der Waals surface area contributed by atoms with Crippen LogP contribution in [0.4, 0.5) is 0 Å². The Labute approximate surface area is 262 Å². The molecule has 0 rings (SSSR count). The molecule has 42 heavy (non-hydrogen) atoms. The first kappa shape index (κ1) is 40.9. The van der Waals surface area contributed by atoms with Crippen LogP contribution in [-0.2, 0) is 14.3 Å². The van der Waals surface area contributed by atoms with Crippen LogP contribution in [0.3, 0.4) is 0 Å². The van der Waals surface area contributed by atoms with Gasteiger partial charge in [-0.2, -0.15) is 0 Å². The molecule has 0 aliphatic heterocycles. The molecule has 0 saturated carbocycles. The van der Waals surface area contributed by atoms with E-state index in [4.69, 9.17) is 9.84 Å². The Bertz CT molecular complexity index is 561. The Morgan fingerprint density at radius 1 is 0.429 bits per heavy atom. The van der Waals surface area contributed by atoms with E-state index in [9.17, 15) is 9.59 Å². The van der Waals surface area contributed by atoms with Crippen molar-refractivity contribution in [3.05, 3.63) is 0 Å². The summed E-state index contributed by atoms with van der Waals surface area (Å²) in [4.78, 5) is 22.9. The molecular weight excluding hydrogens is 520 g/mol. The minimum Gasteiger partial charge on any atom is -0.481 e. The van der Waals surface area contributed by atoms with Crippen LogP contribution in [0.5, 0.6) is 0 Å². The first-order valence-corrected chi connectivity index (χ1v) is 19.0.